The molecule has 1 atom stereocenters. The van der Waals surface area contributed by atoms with E-state index in [1.54, 1.807) is 26.0 Å². The van der Waals surface area contributed by atoms with Crippen LogP contribution in [0.25, 0.3) is 11.0 Å². The van der Waals surface area contributed by atoms with Crippen LogP contribution in [0, 0.1) is 5.92 Å². The minimum atomic E-state index is -1.03. The van der Waals surface area contributed by atoms with E-state index in [9.17, 15) is 14.7 Å². The normalized spacial score (nSPS) is 12.4. The van der Waals surface area contributed by atoms with E-state index in [0.29, 0.717) is 11.0 Å². The predicted octanol–water partition coefficient (Wildman–Crippen LogP) is 1.81. The Balaban J connectivity index is 2.34. The molecule has 21 heavy (non-hydrogen) atoms. The Bertz CT molecular complexity index is 685. The van der Waals surface area contributed by atoms with Crippen LogP contribution in [0.5, 0.6) is 0 Å². The lowest BCUT2D eigenvalue weighted by Crippen LogP contribution is -2.45. The molecule has 6 heteroatoms. The Kier molecular flexibility index (Phi) is 4.16. The van der Waals surface area contributed by atoms with Crippen molar-refractivity contribution in [2.45, 2.75) is 19.9 Å². The van der Waals surface area contributed by atoms with Gasteiger partial charge in [-0.2, -0.15) is 0 Å². The van der Waals surface area contributed by atoms with Crippen LogP contribution in [0.15, 0.2) is 30.5 Å². The summed E-state index contributed by atoms with van der Waals surface area (Å²) in [5.74, 6) is -1.69. The van der Waals surface area contributed by atoms with E-state index >= 15 is 0 Å². The Hall–Kier alpha value is -2.50. The topological polar surface area (TPSA) is 83.4 Å². The Morgan fingerprint density at radius 2 is 1.81 bits per heavy atom. The second-order valence-corrected chi connectivity index (χ2v) is 5.19. The summed E-state index contributed by atoms with van der Waals surface area (Å²) in [4.78, 5) is 33.3. The van der Waals surface area contributed by atoms with Crippen molar-refractivity contribution in [1.82, 2.24) is 14.9 Å². The lowest BCUT2D eigenvalue weighted by Gasteiger charge is -2.27. The van der Waals surface area contributed by atoms with E-state index < -0.39 is 17.9 Å². The first-order valence-corrected chi connectivity index (χ1v) is 6.63. The first kappa shape index (κ1) is 14.9. The molecule has 0 aliphatic heterocycles. The second-order valence-electron chi connectivity index (χ2n) is 5.19. The number of aromatic nitrogens is 2. The number of aliphatic carboxylic acids is 1. The lowest BCUT2D eigenvalue weighted by molar-refractivity contribution is -0.143. The molecule has 1 aromatic heterocycles. The summed E-state index contributed by atoms with van der Waals surface area (Å²) >= 11 is 0. The minimum absolute atomic E-state index is 0.142. The quantitative estimate of drug-likeness (QED) is 0.927. The molecule has 2 rings (SSSR count). The van der Waals surface area contributed by atoms with E-state index in [4.69, 9.17) is 0 Å². The third kappa shape index (κ3) is 2.99. The number of carbonyl (C=O) groups excluding carboxylic acids is 1. The van der Waals surface area contributed by atoms with Crippen LogP contribution in [0.2, 0.25) is 0 Å². The van der Waals surface area contributed by atoms with Gasteiger partial charge in [0, 0.05) is 7.05 Å². The van der Waals surface area contributed by atoms with Gasteiger partial charge in [0.1, 0.15) is 11.7 Å². The molecule has 1 amide bonds. The highest BCUT2D eigenvalue weighted by Gasteiger charge is 2.30. The molecule has 1 heterocycles. The largest absolute Gasteiger partial charge is 0.480 e. The van der Waals surface area contributed by atoms with Crippen molar-refractivity contribution >= 4 is 22.9 Å². The van der Waals surface area contributed by atoms with E-state index in [-0.39, 0.29) is 11.6 Å². The number of carboxylic acids is 1. The standard InChI is InChI=1S/C15H17N3O3/c1-9(2)13(15(20)21)18(3)14(19)12-8-16-10-6-4-5-7-11(10)17-12/h4-9,13H,1-3H3,(H,20,21)/t13-/m1/s1. The van der Waals surface area contributed by atoms with Crippen LogP contribution in [-0.4, -0.2) is 44.9 Å². The van der Waals surface area contributed by atoms with Gasteiger partial charge in [-0.05, 0) is 18.1 Å². The molecule has 0 saturated carbocycles. The molecule has 0 radical (unpaired) electrons. The molecule has 0 unspecified atom stereocenters. The summed E-state index contributed by atoms with van der Waals surface area (Å²) in [7, 11) is 1.47. The van der Waals surface area contributed by atoms with Gasteiger partial charge in [0.15, 0.2) is 0 Å². The molecule has 0 bridgehead atoms. The molecule has 0 spiro atoms. The van der Waals surface area contributed by atoms with Crippen LogP contribution >= 0.6 is 0 Å². The summed E-state index contributed by atoms with van der Waals surface area (Å²) in [5, 5.41) is 9.25. The van der Waals surface area contributed by atoms with E-state index in [0.717, 1.165) is 0 Å². The molecule has 1 N–H and O–H groups in total. The number of likely N-dealkylation sites (N-methyl/N-ethyl adjacent to an activating group) is 1. The number of fused-ring (bicyclic) bond motifs is 1. The van der Waals surface area contributed by atoms with Crippen molar-refractivity contribution in [3.63, 3.8) is 0 Å². The van der Waals surface area contributed by atoms with Crippen molar-refractivity contribution in [3.05, 3.63) is 36.2 Å². The fourth-order valence-electron chi connectivity index (χ4n) is 2.27. The van der Waals surface area contributed by atoms with Gasteiger partial charge in [0.25, 0.3) is 5.91 Å². The molecule has 0 aliphatic rings. The first-order chi connectivity index (χ1) is 9.91. The number of nitrogens with zero attached hydrogens (tertiary/aromatic N) is 3. The van der Waals surface area contributed by atoms with Crippen LogP contribution in [0.1, 0.15) is 24.3 Å². The Morgan fingerprint density at radius 3 is 2.38 bits per heavy atom. The molecule has 2 aromatic rings. The monoisotopic (exact) mass is 287 g/mol. The number of rotatable bonds is 4. The number of hydrogen-bond acceptors (Lipinski definition) is 4. The lowest BCUT2D eigenvalue weighted by atomic mass is 10.0. The third-order valence-electron chi connectivity index (χ3n) is 3.29. The van der Waals surface area contributed by atoms with Gasteiger partial charge in [-0.15, -0.1) is 0 Å². The number of amides is 1. The van der Waals surface area contributed by atoms with Crippen LogP contribution in [-0.2, 0) is 4.79 Å². The molecular weight excluding hydrogens is 270 g/mol. The average molecular weight is 287 g/mol. The number of carboxylic acid groups (broad SMARTS) is 1. The Labute approximate surface area is 122 Å². The van der Waals surface area contributed by atoms with Crippen LogP contribution < -0.4 is 0 Å². The van der Waals surface area contributed by atoms with Crippen molar-refractivity contribution < 1.29 is 14.7 Å². The van der Waals surface area contributed by atoms with Crippen LogP contribution in [0.3, 0.4) is 0 Å². The summed E-state index contributed by atoms with van der Waals surface area (Å²) in [6, 6.07) is 6.31. The smallest absolute Gasteiger partial charge is 0.326 e. The summed E-state index contributed by atoms with van der Waals surface area (Å²) < 4.78 is 0. The highest BCUT2D eigenvalue weighted by Crippen LogP contribution is 2.14. The van der Waals surface area contributed by atoms with Gasteiger partial charge in [0.05, 0.1) is 17.2 Å². The fraction of sp³-hybridized carbons (Fsp3) is 0.333. The third-order valence-corrected chi connectivity index (χ3v) is 3.29. The van der Waals surface area contributed by atoms with Crippen LogP contribution in [0.4, 0.5) is 0 Å². The number of hydrogen-bond donors (Lipinski definition) is 1. The second kappa shape index (κ2) is 5.87. The summed E-state index contributed by atoms with van der Waals surface area (Å²) in [6.45, 7) is 3.52. The van der Waals surface area contributed by atoms with Gasteiger partial charge < -0.3 is 10.0 Å². The maximum atomic E-state index is 12.4. The van der Waals surface area contributed by atoms with Crippen molar-refractivity contribution in [2.24, 2.45) is 5.92 Å². The zero-order chi connectivity index (χ0) is 15.6. The highest BCUT2D eigenvalue weighted by atomic mass is 16.4. The molecular formula is C15H17N3O3. The number of para-hydroxylation sites is 2. The molecule has 6 nitrogen and oxygen atoms in total. The fourth-order valence-corrected chi connectivity index (χ4v) is 2.27. The Morgan fingerprint density at radius 1 is 1.19 bits per heavy atom. The first-order valence-electron chi connectivity index (χ1n) is 6.63. The minimum Gasteiger partial charge on any atom is -0.480 e. The molecule has 110 valence electrons. The van der Waals surface area contributed by atoms with Gasteiger partial charge in [-0.1, -0.05) is 26.0 Å². The zero-order valence-electron chi connectivity index (χ0n) is 12.1. The van der Waals surface area contributed by atoms with Gasteiger partial charge in [-0.3, -0.25) is 9.78 Å². The molecule has 0 saturated heterocycles. The molecule has 1 aromatic carbocycles. The van der Waals surface area contributed by atoms with Crippen molar-refractivity contribution in [2.75, 3.05) is 7.05 Å². The highest BCUT2D eigenvalue weighted by molar-refractivity contribution is 5.96. The van der Waals surface area contributed by atoms with E-state index in [2.05, 4.69) is 9.97 Å². The summed E-state index contributed by atoms with van der Waals surface area (Å²) in [5.41, 5.74) is 1.44. The maximum Gasteiger partial charge on any atom is 0.326 e. The molecule has 0 aliphatic carbocycles. The average Bonchev–Trinajstić information content (AvgIpc) is 2.45. The summed E-state index contributed by atoms with van der Waals surface area (Å²) in [6.07, 6.45) is 1.38. The van der Waals surface area contributed by atoms with Gasteiger partial charge in [-0.25, -0.2) is 9.78 Å². The molecule has 0 fully saturated rings. The van der Waals surface area contributed by atoms with Crippen molar-refractivity contribution in [3.8, 4) is 0 Å². The number of benzene rings is 1. The van der Waals surface area contributed by atoms with Gasteiger partial charge >= 0.3 is 5.97 Å². The maximum absolute atomic E-state index is 12.4. The zero-order valence-corrected chi connectivity index (χ0v) is 12.1. The van der Waals surface area contributed by atoms with E-state index in [1.165, 1.54) is 18.1 Å². The number of carbonyl (C=O) groups is 2. The van der Waals surface area contributed by atoms with E-state index in [1.807, 2.05) is 12.1 Å². The predicted molar refractivity (Wildman–Crippen MR) is 77.9 cm³/mol. The van der Waals surface area contributed by atoms with Crippen molar-refractivity contribution in [1.29, 1.82) is 0 Å². The SMILES string of the molecule is CC(C)[C@H](C(=O)O)N(C)C(=O)c1cnc2ccccc2n1. The van der Waals surface area contributed by atoms with Gasteiger partial charge in [0.2, 0.25) is 0 Å².